The first-order chi connectivity index (χ1) is 7.21. The van der Waals surface area contributed by atoms with Crippen LogP contribution in [0.4, 0.5) is 0 Å². The molecule has 3 heteroatoms. The van der Waals surface area contributed by atoms with Crippen molar-refractivity contribution >= 4 is 6.29 Å². The van der Waals surface area contributed by atoms with Crippen molar-refractivity contribution < 1.29 is 9.21 Å². The summed E-state index contributed by atoms with van der Waals surface area (Å²) >= 11 is 0. The van der Waals surface area contributed by atoms with E-state index in [4.69, 9.17) is 4.42 Å². The van der Waals surface area contributed by atoms with Gasteiger partial charge >= 0.3 is 0 Å². The third kappa shape index (κ3) is 3.20. The lowest BCUT2D eigenvalue weighted by Crippen LogP contribution is -2.29. The molecule has 0 aromatic carbocycles. The minimum atomic E-state index is 0.406. The van der Waals surface area contributed by atoms with Gasteiger partial charge in [0.15, 0.2) is 12.0 Å². The Hall–Kier alpha value is -1.09. The van der Waals surface area contributed by atoms with Crippen molar-refractivity contribution in [1.29, 1.82) is 0 Å². The molecule has 0 saturated carbocycles. The molecule has 15 heavy (non-hydrogen) atoms. The molecule has 0 aliphatic carbocycles. The molecule has 1 aromatic heterocycles. The Morgan fingerprint density at radius 1 is 1.40 bits per heavy atom. The van der Waals surface area contributed by atoms with E-state index in [0.29, 0.717) is 11.8 Å². The normalized spacial score (nSPS) is 11.3. The Morgan fingerprint density at radius 3 is 2.53 bits per heavy atom. The number of carbonyl (C=O) groups excluding carboxylic acids is 1. The molecule has 0 fully saturated rings. The van der Waals surface area contributed by atoms with E-state index in [0.717, 1.165) is 31.4 Å². The fourth-order valence-electron chi connectivity index (χ4n) is 1.83. The first kappa shape index (κ1) is 12.0. The molecular formula is C12H19NO2. The van der Waals surface area contributed by atoms with Crippen LogP contribution in [0, 0.1) is 0 Å². The van der Waals surface area contributed by atoms with Crippen molar-refractivity contribution in [2.45, 2.75) is 39.3 Å². The molecule has 1 aromatic rings. The van der Waals surface area contributed by atoms with Gasteiger partial charge in [0, 0.05) is 6.04 Å². The van der Waals surface area contributed by atoms with Crippen LogP contribution in [0.5, 0.6) is 0 Å². The predicted octanol–water partition coefficient (Wildman–Crippen LogP) is 2.71. The van der Waals surface area contributed by atoms with Crippen molar-refractivity contribution in [2.24, 2.45) is 0 Å². The highest BCUT2D eigenvalue weighted by atomic mass is 16.3. The summed E-state index contributed by atoms with van der Waals surface area (Å²) in [5.74, 6) is 1.26. The van der Waals surface area contributed by atoms with E-state index < -0.39 is 0 Å². The van der Waals surface area contributed by atoms with E-state index >= 15 is 0 Å². The smallest absolute Gasteiger partial charge is 0.185 e. The van der Waals surface area contributed by atoms with Gasteiger partial charge in [0.1, 0.15) is 5.76 Å². The van der Waals surface area contributed by atoms with E-state index in [1.54, 1.807) is 6.07 Å². The molecule has 0 amide bonds. The average Bonchev–Trinajstić information content (AvgIpc) is 2.67. The zero-order valence-corrected chi connectivity index (χ0v) is 9.69. The van der Waals surface area contributed by atoms with Crippen LogP contribution < -0.4 is 0 Å². The molecule has 0 atom stereocenters. The Labute approximate surface area is 91.1 Å². The lowest BCUT2D eigenvalue weighted by atomic mass is 10.1. The minimum absolute atomic E-state index is 0.406. The zero-order valence-electron chi connectivity index (χ0n) is 9.69. The number of nitrogens with zero attached hydrogens (tertiary/aromatic N) is 1. The van der Waals surface area contributed by atoms with Gasteiger partial charge < -0.3 is 4.42 Å². The molecule has 0 unspecified atom stereocenters. The summed E-state index contributed by atoms with van der Waals surface area (Å²) in [6.07, 6.45) is 3.00. The molecule has 0 spiro atoms. The molecule has 1 heterocycles. The zero-order chi connectivity index (χ0) is 11.3. The monoisotopic (exact) mass is 209 g/mol. The Bertz CT molecular complexity index is 302. The van der Waals surface area contributed by atoms with E-state index in [9.17, 15) is 4.79 Å². The summed E-state index contributed by atoms with van der Waals surface area (Å²) in [5.41, 5.74) is 0. The van der Waals surface area contributed by atoms with Gasteiger partial charge in [0.2, 0.25) is 0 Å². The van der Waals surface area contributed by atoms with Crippen LogP contribution in [0.25, 0.3) is 0 Å². The van der Waals surface area contributed by atoms with Crippen LogP contribution in [0.15, 0.2) is 16.5 Å². The van der Waals surface area contributed by atoms with E-state index in [1.807, 2.05) is 6.07 Å². The summed E-state index contributed by atoms with van der Waals surface area (Å²) in [7, 11) is 2.08. The fourth-order valence-corrected chi connectivity index (χ4v) is 1.83. The van der Waals surface area contributed by atoms with Crippen LogP contribution in [0.3, 0.4) is 0 Å². The molecule has 84 valence electrons. The van der Waals surface area contributed by atoms with E-state index in [1.165, 1.54) is 0 Å². The second-order valence-electron chi connectivity index (χ2n) is 3.81. The minimum Gasteiger partial charge on any atom is -0.457 e. The number of hydrogen-bond acceptors (Lipinski definition) is 3. The molecule has 1 rings (SSSR count). The van der Waals surface area contributed by atoms with Gasteiger partial charge in [-0.1, -0.05) is 13.8 Å². The van der Waals surface area contributed by atoms with Crippen molar-refractivity contribution in [3.63, 3.8) is 0 Å². The molecule has 0 saturated heterocycles. The van der Waals surface area contributed by atoms with Crippen molar-refractivity contribution in [3.8, 4) is 0 Å². The van der Waals surface area contributed by atoms with Gasteiger partial charge in [-0.3, -0.25) is 9.69 Å². The maximum Gasteiger partial charge on any atom is 0.185 e. The summed E-state index contributed by atoms with van der Waals surface area (Å²) in [6, 6.07) is 4.15. The van der Waals surface area contributed by atoms with E-state index in [-0.39, 0.29) is 0 Å². The Morgan fingerprint density at radius 2 is 2.07 bits per heavy atom. The average molecular weight is 209 g/mol. The SMILES string of the molecule is CCC(CC)N(C)Cc1ccc(C=O)o1. The standard InChI is InChI=1S/C12H19NO2/c1-4-10(5-2)13(3)8-11-6-7-12(9-14)15-11/h6-7,9-10H,4-5,8H2,1-3H3. The summed E-state index contributed by atoms with van der Waals surface area (Å²) < 4.78 is 5.33. The maximum atomic E-state index is 10.4. The predicted molar refractivity (Wildman–Crippen MR) is 59.9 cm³/mol. The quantitative estimate of drug-likeness (QED) is 0.675. The van der Waals surface area contributed by atoms with Crippen molar-refractivity contribution in [2.75, 3.05) is 7.05 Å². The summed E-state index contributed by atoms with van der Waals surface area (Å²) in [6.45, 7) is 5.13. The van der Waals surface area contributed by atoms with Crippen LogP contribution in [-0.2, 0) is 6.54 Å². The highest BCUT2D eigenvalue weighted by molar-refractivity contribution is 5.70. The molecule has 0 aliphatic heterocycles. The van der Waals surface area contributed by atoms with Gasteiger partial charge in [0.05, 0.1) is 6.54 Å². The van der Waals surface area contributed by atoms with Crippen LogP contribution in [0.1, 0.15) is 43.0 Å². The maximum absolute atomic E-state index is 10.4. The highest BCUT2D eigenvalue weighted by Crippen LogP contribution is 2.13. The third-order valence-corrected chi connectivity index (χ3v) is 2.77. The first-order valence-electron chi connectivity index (χ1n) is 5.45. The number of furan rings is 1. The number of rotatable bonds is 6. The second kappa shape index (κ2) is 5.71. The lowest BCUT2D eigenvalue weighted by Gasteiger charge is -2.24. The van der Waals surface area contributed by atoms with Crippen LogP contribution in [0.2, 0.25) is 0 Å². The topological polar surface area (TPSA) is 33.5 Å². The molecule has 0 radical (unpaired) electrons. The van der Waals surface area contributed by atoms with Gasteiger partial charge in [-0.15, -0.1) is 0 Å². The molecular weight excluding hydrogens is 190 g/mol. The second-order valence-corrected chi connectivity index (χ2v) is 3.81. The number of carbonyl (C=O) groups is 1. The summed E-state index contributed by atoms with van der Waals surface area (Å²) in [4.78, 5) is 12.7. The Balaban J connectivity index is 2.56. The largest absolute Gasteiger partial charge is 0.457 e. The number of aldehydes is 1. The lowest BCUT2D eigenvalue weighted by molar-refractivity contribution is 0.109. The highest BCUT2D eigenvalue weighted by Gasteiger charge is 2.12. The fraction of sp³-hybridized carbons (Fsp3) is 0.583. The van der Waals surface area contributed by atoms with Crippen molar-refractivity contribution in [1.82, 2.24) is 4.90 Å². The van der Waals surface area contributed by atoms with Gasteiger partial charge in [-0.25, -0.2) is 0 Å². The molecule has 0 aliphatic rings. The van der Waals surface area contributed by atoms with Crippen LogP contribution in [-0.4, -0.2) is 24.3 Å². The van der Waals surface area contributed by atoms with Gasteiger partial charge in [-0.05, 0) is 32.0 Å². The van der Waals surface area contributed by atoms with Crippen LogP contribution >= 0.6 is 0 Å². The molecule has 0 N–H and O–H groups in total. The van der Waals surface area contributed by atoms with Gasteiger partial charge in [-0.2, -0.15) is 0 Å². The molecule has 3 nitrogen and oxygen atoms in total. The van der Waals surface area contributed by atoms with Gasteiger partial charge in [0.25, 0.3) is 0 Å². The number of hydrogen-bond donors (Lipinski definition) is 0. The van der Waals surface area contributed by atoms with Crippen molar-refractivity contribution in [3.05, 3.63) is 23.7 Å². The Kier molecular flexibility index (Phi) is 4.56. The first-order valence-corrected chi connectivity index (χ1v) is 5.45. The summed E-state index contributed by atoms with van der Waals surface area (Å²) in [5, 5.41) is 0. The van der Waals surface area contributed by atoms with E-state index in [2.05, 4.69) is 25.8 Å². The third-order valence-electron chi connectivity index (χ3n) is 2.77. The molecule has 0 bridgehead atoms.